The van der Waals surface area contributed by atoms with Crippen molar-refractivity contribution in [1.29, 1.82) is 0 Å². The number of carbonyl (C=O) groups is 2. The minimum absolute atomic E-state index is 0. The molecule has 132 valence electrons. The Kier molecular flexibility index (Phi) is 5.94. The third-order valence-corrected chi connectivity index (χ3v) is 4.79. The third-order valence-electron chi connectivity index (χ3n) is 4.79. The van der Waals surface area contributed by atoms with E-state index in [1.807, 2.05) is 4.90 Å². The number of nitrogens with zero attached hydrogens (tertiary/aromatic N) is 1. The lowest BCUT2D eigenvalue weighted by molar-refractivity contribution is -0.129. The molecule has 3 rings (SSSR count). The highest BCUT2D eigenvalue weighted by atomic mass is 35.5. The molecule has 1 unspecified atom stereocenters. The molecule has 2 aliphatic rings. The van der Waals surface area contributed by atoms with Crippen molar-refractivity contribution < 1.29 is 14.3 Å². The van der Waals surface area contributed by atoms with Crippen molar-refractivity contribution in [2.75, 3.05) is 24.7 Å². The fourth-order valence-electron chi connectivity index (χ4n) is 3.53. The Balaban J connectivity index is 0.00000208. The topological polar surface area (TPSA) is 84.7 Å². The van der Waals surface area contributed by atoms with Gasteiger partial charge in [-0.1, -0.05) is 12.8 Å². The molecule has 0 spiro atoms. The van der Waals surface area contributed by atoms with Gasteiger partial charge in [0, 0.05) is 24.7 Å². The Labute approximate surface area is 148 Å². The number of likely N-dealkylation sites (tertiary alicyclic amines) is 1. The van der Waals surface area contributed by atoms with Crippen LogP contribution in [0.3, 0.4) is 0 Å². The zero-order valence-electron chi connectivity index (χ0n) is 13.8. The third kappa shape index (κ3) is 3.75. The van der Waals surface area contributed by atoms with Gasteiger partial charge in [-0.05, 0) is 31.0 Å². The summed E-state index contributed by atoms with van der Waals surface area (Å²) in [7, 11) is 1.55. The molecule has 3 N–H and O–H groups in total. The number of benzene rings is 1. The molecule has 24 heavy (non-hydrogen) atoms. The number of anilines is 2. The van der Waals surface area contributed by atoms with Gasteiger partial charge >= 0.3 is 0 Å². The number of nitrogen functional groups attached to an aromatic ring is 1. The molecule has 1 heterocycles. The lowest BCUT2D eigenvalue weighted by Gasteiger charge is -2.23. The van der Waals surface area contributed by atoms with Gasteiger partial charge in [-0.25, -0.2) is 0 Å². The molecule has 1 aliphatic carbocycles. The van der Waals surface area contributed by atoms with Crippen molar-refractivity contribution in [2.24, 2.45) is 5.92 Å². The summed E-state index contributed by atoms with van der Waals surface area (Å²) in [6.45, 7) is 0.529. The van der Waals surface area contributed by atoms with E-state index in [0.717, 1.165) is 12.8 Å². The van der Waals surface area contributed by atoms with Gasteiger partial charge in [0.25, 0.3) is 0 Å². The molecule has 0 bridgehead atoms. The molecule has 2 fully saturated rings. The van der Waals surface area contributed by atoms with Crippen LogP contribution in [-0.4, -0.2) is 36.4 Å². The van der Waals surface area contributed by atoms with Crippen LogP contribution in [-0.2, 0) is 9.59 Å². The Hall–Kier alpha value is -1.95. The lowest BCUT2D eigenvalue weighted by Crippen LogP contribution is -2.35. The number of hydrogen-bond acceptors (Lipinski definition) is 4. The van der Waals surface area contributed by atoms with Crippen LogP contribution in [0, 0.1) is 5.92 Å². The van der Waals surface area contributed by atoms with E-state index in [2.05, 4.69) is 5.32 Å². The number of halogens is 1. The number of ether oxygens (including phenoxy) is 1. The lowest BCUT2D eigenvalue weighted by atomic mass is 10.1. The number of hydrogen-bond donors (Lipinski definition) is 2. The fraction of sp³-hybridized carbons (Fsp3) is 0.529. The molecular weight excluding hydrogens is 330 g/mol. The summed E-state index contributed by atoms with van der Waals surface area (Å²) in [5.41, 5.74) is 6.95. The minimum Gasteiger partial charge on any atom is -0.495 e. The molecule has 2 amide bonds. The van der Waals surface area contributed by atoms with E-state index in [1.165, 1.54) is 12.8 Å². The van der Waals surface area contributed by atoms with Crippen LogP contribution in [0.4, 0.5) is 11.4 Å². The summed E-state index contributed by atoms with van der Waals surface area (Å²) in [4.78, 5) is 26.5. The largest absolute Gasteiger partial charge is 0.495 e. The van der Waals surface area contributed by atoms with E-state index in [4.69, 9.17) is 10.5 Å². The number of methoxy groups -OCH3 is 1. The highest BCUT2D eigenvalue weighted by Gasteiger charge is 2.38. The second kappa shape index (κ2) is 7.75. The van der Waals surface area contributed by atoms with Gasteiger partial charge in [-0.2, -0.15) is 0 Å². The van der Waals surface area contributed by atoms with Gasteiger partial charge < -0.3 is 20.7 Å². The average Bonchev–Trinajstić information content (AvgIpc) is 3.16. The van der Waals surface area contributed by atoms with Gasteiger partial charge in [0.2, 0.25) is 11.8 Å². The van der Waals surface area contributed by atoms with E-state index in [0.29, 0.717) is 36.1 Å². The minimum atomic E-state index is -0.286. The van der Waals surface area contributed by atoms with E-state index in [1.54, 1.807) is 25.3 Å². The smallest absolute Gasteiger partial charge is 0.229 e. The molecule has 0 radical (unpaired) electrons. The Morgan fingerprint density at radius 2 is 2.04 bits per heavy atom. The zero-order valence-corrected chi connectivity index (χ0v) is 14.6. The monoisotopic (exact) mass is 353 g/mol. The molecule has 7 heteroatoms. The summed E-state index contributed by atoms with van der Waals surface area (Å²) >= 11 is 0. The van der Waals surface area contributed by atoms with Crippen LogP contribution >= 0.6 is 12.4 Å². The summed E-state index contributed by atoms with van der Waals surface area (Å²) in [6, 6.07) is 5.47. The van der Waals surface area contributed by atoms with Gasteiger partial charge in [0.1, 0.15) is 5.75 Å². The van der Waals surface area contributed by atoms with Crippen molar-refractivity contribution in [3.63, 3.8) is 0 Å². The fourth-order valence-corrected chi connectivity index (χ4v) is 3.53. The van der Waals surface area contributed by atoms with Crippen molar-refractivity contribution in [3.05, 3.63) is 18.2 Å². The van der Waals surface area contributed by atoms with Crippen LogP contribution < -0.4 is 15.8 Å². The highest BCUT2D eigenvalue weighted by molar-refractivity contribution is 5.97. The van der Waals surface area contributed by atoms with Crippen LogP contribution in [0.25, 0.3) is 0 Å². The van der Waals surface area contributed by atoms with Crippen molar-refractivity contribution in [1.82, 2.24) is 4.90 Å². The number of carbonyl (C=O) groups excluding carboxylic acids is 2. The van der Waals surface area contributed by atoms with Crippen LogP contribution in [0.2, 0.25) is 0 Å². The van der Waals surface area contributed by atoms with Gasteiger partial charge in [-0.15, -0.1) is 12.4 Å². The summed E-state index contributed by atoms with van der Waals surface area (Å²) in [6.07, 6.45) is 4.78. The predicted octanol–water partition coefficient (Wildman–Crippen LogP) is 2.43. The first-order valence-corrected chi connectivity index (χ1v) is 8.12. The van der Waals surface area contributed by atoms with E-state index >= 15 is 0 Å². The van der Waals surface area contributed by atoms with Crippen molar-refractivity contribution >= 4 is 35.6 Å². The number of rotatable bonds is 4. The van der Waals surface area contributed by atoms with E-state index < -0.39 is 0 Å². The normalized spacial score (nSPS) is 20.8. The summed E-state index contributed by atoms with van der Waals surface area (Å²) < 4.78 is 5.10. The first-order valence-electron chi connectivity index (χ1n) is 8.12. The second-order valence-electron chi connectivity index (χ2n) is 6.33. The molecule has 1 saturated carbocycles. The number of amides is 2. The van der Waals surface area contributed by atoms with Crippen LogP contribution in [0.1, 0.15) is 32.1 Å². The molecule has 1 atom stereocenters. The molecular formula is C17H24ClN3O3. The second-order valence-corrected chi connectivity index (χ2v) is 6.33. The standard InChI is InChI=1S/C17H23N3O3.ClH/c1-23-15-7-6-12(9-14(15)18)19-17(22)11-8-16(21)20(10-11)13-4-2-3-5-13;/h6-7,9,11,13H,2-5,8,10,18H2,1H3,(H,19,22);1H. The van der Waals surface area contributed by atoms with Crippen LogP contribution in [0.5, 0.6) is 5.75 Å². The average molecular weight is 354 g/mol. The first kappa shape index (κ1) is 18.4. The van der Waals surface area contributed by atoms with Gasteiger partial charge in [-0.3, -0.25) is 9.59 Å². The van der Waals surface area contributed by atoms with Gasteiger partial charge in [0.05, 0.1) is 18.7 Å². The molecule has 1 saturated heterocycles. The predicted molar refractivity (Wildman–Crippen MR) is 95.4 cm³/mol. The quantitative estimate of drug-likeness (QED) is 0.814. The van der Waals surface area contributed by atoms with Crippen molar-refractivity contribution in [2.45, 2.75) is 38.1 Å². The van der Waals surface area contributed by atoms with E-state index in [-0.39, 0.29) is 30.1 Å². The molecule has 1 aliphatic heterocycles. The molecule has 1 aromatic rings. The Morgan fingerprint density at radius 3 is 2.67 bits per heavy atom. The maximum absolute atomic E-state index is 12.4. The highest BCUT2D eigenvalue weighted by Crippen LogP contribution is 2.30. The molecule has 0 aromatic heterocycles. The van der Waals surface area contributed by atoms with Crippen molar-refractivity contribution in [3.8, 4) is 5.75 Å². The van der Waals surface area contributed by atoms with Gasteiger partial charge in [0.15, 0.2) is 0 Å². The molecule has 1 aromatic carbocycles. The maximum Gasteiger partial charge on any atom is 0.229 e. The molecule has 6 nitrogen and oxygen atoms in total. The first-order chi connectivity index (χ1) is 11.1. The number of nitrogens with one attached hydrogen (secondary N) is 1. The van der Waals surface area contributed by atoms with E-state index in [9.17, 15) is 9.59 Å². The SMILES string of the molecule is COc1ccc(NC(=O)C2CC(=O)N(C3CCCC3)C2)cc1N.Cl. The summed E-state index contributed by atoms with van der Waals surface area (Å²) in [5, 5.41) is 2.85. The zero-order chi connectivity index (χ0) is 16.4. The summed E-state index contributed by atoms with van der Waals surface area (Å²) in [5.74, 6) is 0.271. The van der Waals surface area contributed by atoms with Crippen LogP contribution in [0.15, 0.2) is 18.2 Å². The number of nitrogens with two attached hydrogens (primary N) is 1. The Bertz CT molecular complexity index is 617. The Morgan fingerprint density at radius 1 is 1.33 bits per heavy atom. The maximum atomic E-state index is 12.4.